The largest absolute Gasteiger partial charge is 0.456 e. The van der Waals surface area contributed by atoms with Crippen LogP contribution in [0.15, 0.2) is 251 Å². The molecular weight excluding hydrogens is 1140 g/mol. The van der Waals surface area contributed by atoms with E-state index in [9.17, 15) is 0 Å². The minimum atomic E-state index is 0.180. The number of unbranched alkanes of at least 4 members (excludes halogenated alkanes) is 3. The van der Waals surface area contributed by atoms with Crippen LogP contribution in [0.25, 0.3) is 145 Å². The van der Waals surface area contributed by atoms with E-state index in [1.807, 2.05) is 22.7 Å². The first-order valence-electron chi connectivity index (χ1n) is 33.0. The summed E-state index contributed by atoms with van der Waals surface area (Å²) >= 11 is 3.76. The van der Waals surface area contributed by atoms with E-state index in [-0.39, 0.29) is 11.8 Å². The Kier molecular flexibility index (Phi) is 14.1. The second-order valence-corrected chi connectivity index (χ2v) is 27.5. The van der Waals surface area contributed by atoms with Crippen molar-refractivity contribution in [2.24, 2.45) is 0 Å². The Hall–Kier alpha value is -9.52. The highest BCUT2D eigenvalue weighted by Crippen LogP contribution is 2.47. The van der Waals surface area contributed by atoms with Gasteiger partial charge in [-0.05, 0) is 184 Å². The predicted molar refractivity (Wildman–Crippen MR) is 392 cm³/mol. The van der Waals surface area contributed by atoms with Gasteiger partial charge in [0, 0.05) is 84.5 Å². The Bertz CT molecular complexity index is 5660. The van der Waals surface area contributed by atoms with E-state index in [4.69, 9.17) is 8.83 Å². The molecule has 0 aliphatic rings. The van der Waals surface area contributed by atoms with E-state index in [1.54, 1.807) is 0 Å². The molecule has 17 rings (SSSR count). The van der Waals surface area contributed by atoms with Crippen LogP contribution in [0.1, 0.15) is 112 Å². The van der Waals surface area contributed by atoms with Gasteiger partial charge in [-0.3, -0.25) is 0 Å². The number of furan rings is 2. The number of hydrogen-bond donors (Lipinski definition) is 0. The highest BCUT2D eigenvalue weighted by Gasteiger charge is 2.25. The van der Waals surface area contributed by atoms with Crippen LogP contribution in [0.5, 0.6) is 0 Å². The molecule has 0 aliphatic heterocycles. The van der Waals surface area contributed by atoms with Crippen LogP contribution < -0.4 is 0 Å². The minimum Gasteiger partial charge on any atom is -0.456 e. The van der Waals surface area contributed by atoms with Crippen LogP contribution in [0, 0.1) is 0 Å². The summed E-state index contributed by atoms with van der Waals surface area (Å²) in [6.07, 6.45) is 10.0. The Labute approximate surface area is 538 Å². The number of rotatable bonds is 17. The molecule has 0 spiro atoms. The molecule has 0 amide bonds. The third kappa shape index (κ3) is 9.58. The molecule has 5 aromatic heterocycles. The van der Waals surface area contributed by atoms with Crippen molar-refractivity contribution < 1.29 is 8.83 Å². The van der Waals surface area contributed by atoms with Gasteiger partial charge in [0.15, 0.2) is 5.58 Å². The molecule has 17 aromatic rings. The third-order valence-electron chi connectivity index (χ3n) is 19.7. The van der Waals surface area contributed by atoms with Crippen LogP contribution in [-0.4, -0.2) is 4.57 Å². The van der Waals surface area contributed by atoms with Crippen molar-refractivity contribution in [1.29, 1.82) is 0 Å². The normalized spacial score (nSPS) is 12.9. The van der Waals surface area contributed by atoms with Gasteiger partial charge in [0.05, 0.1) is 16.7 Å². The monoisotopic (exact) mass is 1210 g/mol. The maximum Gasteiger partial charge on any atom is 0.159 e. The highest BCUT2D eigenvalue weighted by molar-refractivity contribution is 7.26. The number of hydrogen-bond acceptors (Lipinski definition) is 4. The fourth-order valence-electron chi connectivity index (χ4n) is 15.3. The molecule has 12 aromatic carbocycles. The lowest BCUT2D eigenvalue weighted by Gasteiger charge is -2.19. The average molecular weight is 1210 g/mol. The van der Waals surface area contributed by atoms with E-state index < -0.39 is 0 Å². The first kappa shape index (κ1) is 55.5. The summed E-state index contributed by atoms with van der Waals surface area (Å²) in [7, 11) is 0. The summed E-state index contributed by atoms with van der Waals surface area (Å²) < 4.78 is 21.7. The zero-order valence-electron chi connectivity index (χ0n) is 51.7. The maximum atomic E-state index is 7.21. The lowest BCUT2D eigenvalue weighted by molar-refractivity contribution is 0.661. The number of nitrogens with zero attached hydrogens (tertiary/aromatic N) is 1. The molecule has 2 unspecified atom stereocenters. The number of aromatic nitrogens is 1. The molecule has 0 N–H and O–H groups in total. The molecule has 2 atom stereocenters. The van der Waals surface area contributed by atoms with Crippen molar-refractivity contribution in [1.82, 2.24) is 4.57 Å². The van der Waals surface area contributed by atoms with Gasteiger partial charge < -0.3 is 13.4 Å². The summed E-state index contributed by atoms with van der Waals surface area (Å²) in [5.74, 6) is 0.402. The Morgan fingerprint density at radius 3 is 1.54 bits per heavy atom. The van der Waals surface area contributed by atoms with Gasteiger partial charge in [0.2, 0.25) is 0 Å². The Balaban J connectivity index is 0.748. The molecule has 5 heteroatoms. The third-order valence-corrected chi connectivity index (χ3v) is 21.9. The first-order chi connectivity index (χ1) is 45.0. The summed E-state index contributed by atoms with van der Waals surface area (Å²) in [4.78, 5) is 0. The van der Waals surface area contributed by atoms with Crippen molar-refractivity contribution in [3.05, 3.63) is 270 Å². The summed E-state index contributed by atoms with van der Waals surface area (Å²) in [5.41, 5.74) is 21.3. The van der Waals surface area contributed by atoms with Crippen LogP contribution in [0.3, 0.4) is 0 Å². The molecular formula is C86H69NO2S2. The van der Waals surface area contributed by atoms with E-state index >= 15 is 0 Å². The van der Waals surface area contributed by atoms with Crippen molar-refractivity contribution >= 4 is 129 Å². The van der Waals surface area contributed by atoms with Crippen molar-refractivity contribution in [2.45, 2.75) is 90.4 Å². The van der Waals surface area contributed by atoms with Gasteiger partial charge in [0.1, 0.15) is 16.7 Å². The number of para-hydroxylation sites is 1. The highest BCUT2D eigenvalue weighted by atomic mass is 32.1. The van der Waals surface area contributed by atoms with E-state index in [2.05, 4.69) is 268 Å². The molecule has 0 aliphatic carbocycles. The van der Waals surface area contributed by atoms with Gasteiger partial charge >= 0.3 is 0 Å². The van der Waals surface area contributed by atoms with Gasteiger partial charge in [-0.25, -0.2) is 0 Å². The topological polar surface area (TPSA) is 31.2 Å². The Morgan fingerprint density at radius 2 is 0.857 bits per heavy atom. The standard InChI is InChI=1S/C86H69NO2S2/c1-4-7-8-9-22-53-45-73-72-52-61(62(20-5-2)56-24-17-26-58(48-56)65-31-19-36-83-85(65)68-29-12-15-34-81(68)91-83)40-44-79(72)89-86(73)76(46-53)87-74-32-13-10-27-66(74)69-50-59(37-41-75(69)87)63(21-6-3)60-39-43-78-71(51-60)70-49-55(38-42-77(70)88-78)54-23-16-25-57(47-54)64-30-18-35-82-84(64)67-28-11-14-33-80(67)90-82/h10-19,23-52,62-63H,4-9,20-22H2,1-3H3. The second kappa shape index (κ2) is 23.1. The number of benzene rings is 12. The summed E-state index contributed by atoms with van der Waals surface area (Å²) in [6.45, 7) is 6.94. The lowest BCUT2D eigenvalue weighted by Crippen LogP contribution is -2.02. The molecule has 0 saturated carbocycles. The molecule has 0 fully saturated rings. The van der Waals surface area contributed by atoms with Crippen LogP contribution in [0.4, 0.5) is 0 Å². The van der Waals surface area contributed by atoms with Gasteiger partial charge in [-0.1, -0.05) is 198 Å². The quantitative estimate of drug-likeness (QED) is 0.0851. The van der Waals surface area contributed by atoms with Gasteiger partial charge in [-0.2, -0.15) is 0 Å². The van der Waals surface area contributed by atoms with E-state index in [1.165, 1.54) is 153 Å². The molecule has 5 heterocycles. The fraction of sp³-hybridized carbons (Fsp3) is 0.163. The lowest BCUT2D eigenvalue weighted by atomic mass is 9.85. The maximum absolute atomic E-state index is 7.21. The molecule has 442 valence electrons. The number of fused-ring (bicyclic) bond motifs is 15. The summed E-state index contributed by atoms with van der Waals surface area (Å²) in [5, 5.41) is 12.5. The van der Waals surface area contributed by atoms with Crippen molar-refractivity contribution in [2.75, 3.05) is 0 Å². The first-order valence-corrected chi connectivity index (χ1v) is 34.6. The van der Waals surface area contributed by atoms with Gasteiger partial charge in [0.25, 0.3) is 0 Å². The second-order valence-electron chi connectivity index (χ2n) is 25.3. The van der Waals surface area contributed by atoms with E-state index in [0.29, 0.717) is 0 Å². The van der Waals surface area contributed by atoms with Crippen LogP contribution >= 0.6 is 22.7 Å². The number of thiophene rings is 2. The smallest absolute Gasteiger partial charge is 0.159 e. The zero-order chi connectivity index (χ0) is 60.7. The van der Waals surface area contributed by atoms with E-state index in [0.717, 1.165) is 77.3 Å². The van der Waals surface area contributed by atoms with Crippen molar-refractivity contribution in [3.63, 3.8) is 0 Å². The molecule has 0 saturated heterocycles. The number of aryl methyl sites for hydroxylation is 1. The van der Waals surface area contributed by atoms with Crippen LogP contribution in [0.2, 0.25) is 0 Å². The molecule has 91 heavy (non-hydrogen) atoms. The van der Waals surface area contributed by atoms with Crippen molar-refractivity contribution in [3.8, 4) is 39.1 Å². The average Bonchev–Trinajstić information content (AvgIpc) is 1.73. The minimum absolute atomic E-state index is 0.180. The summed E-state index contributed by atoms with van der Waals surface area (Å²) in [6, 6.07) is 91.6. The zero-order valence-corrected chi connectivity index (χ0v) is 53.3. The van der Waals surface area contributed by atoms with Crippen LogP contribution in [-0.2, 0) is 6.42 Å². The van der Waals surface area contributed by atoms with Gasteiger partial charge in [-0.15, -0.1) is 22.7 Å². The SMILES string of the molecule is CCCCCCc1cc(-n2c3ccccc3c3cc(C(CCC)c4ccc5oc6ccc(-c7cccc(-c8cccc9sc%10ccccc%10c89)c7)cc6c5c4)ccc32)c2oc3ccc(C(CCC)c4cccc(-c5cccc6sc7ccccc7c56)c4)cc3c2c1. The molecule has 0 bridgehead atoms. The predicted octanol–water partition coefficient (Wildman–Crippen LogP) is 26.3. The molecule has 0 radical (unpaired) electrons. The fourth-order valence-corrected chi connectivity index (χ4v) is 17.6. The molecule has 3 nitrogen and oxygen atoms in total. The Morgan fingerprint density at radius 1 is 0.341 bits per heavy atom.